The number of rotatable bonds is 3. The van der Waals surface area contributed by atoms with Crippen molar-refractivity contribution in [1.82, 2.24) is 14.7 Å². The Labute approximate surface area is 152 Å². The van der Waals surface area contributed by atoms with E-state index in [0.717, 1.165) is 21.6 Å². The summed E-state index contributed by atoms with van der Waals surface area (Å²) < 4.78 is 14.9. The number of thiophene rings is 1. The first-order valence-electron chi connectivity index (χ1n) is 8.21. The number of likely N-dealkylation sites (tertiary alicyclic amines) is 1. The van der Waals surface area contributed by atoms with E-state index in [9.17, 15) is 14.0 Å². The number of nitrogens with zero attached hydrogens (tertiary/aromatic N) is 3. The fourth-order valence-electron chi connectivity index (χ4n) is 3.21. The van der Waals surface area contributed by atoms with E-state index < -0.39 is 11.9 Å². The Hall–Kier alpha value is -2.74. The van der Waals surface area contributed by atoms with Gasteiger partial charge in [-0.05, 0) is 43.7 Å². The van der Waals surface area contributed by atoms with Crippen LogP contribution >= 0.6 is 11.3 Å². The van der Waals surface area contributed by atoms with Crippen LogP contribution in [0, 0.1) is 18.7 Å². The maximum atomic E-state index is 13.2. The van der Waals surface area contributed by atoms with E-state index >= 15 is 0 Å². The molecule has 26 heavy (non-hydrogen) atoms. The fourth-order valence-corrected chi connectivity index (χ4v) is 4.36. The fraction of sp³-hybridized carbons (Fsp3) is 0.278. The van der Waals surface area contributed by atoms with Crippen LogP contribution in [0.2, 0.25) is 0 Å². The van der Waals surface area contributed by atoms with Gasteiger partial charge in [-0.1, -0.05) is 0 Å². The largest absolute Gasteiger partial charge is 0.481 e. The SMILES string of the molecule is Cc1nn(-c2ccc(F)cc2)c2sc(C(=O)N3CCC(C(=O)O)C3)cc12. The molecular formula is C18H16FN3O3S. The topological polar surface area (TPSA) is 75.4 Å². The first-order chi connectivity index (χ1) is 12.4. The minimum absolute atomic E-state index is 0.153. The van der Waals surface area contributed by atoms with Crippen molar-refractivity contribution in [2.24, 2.45) is 5.92 Å². The van der Waals surface area contributed by atoms with Gasteiger partial charge in [-0.25, -0.2) is 9.07 Å². The number of carbonyl (C=O) groups excluding carboxylic acids is 1. The molecule has 4 rings (SSSR count). The number of aromatic nitrogens is 2. The molecule has 0 saturated carbocycles. The Kier molecular flexibility index (Phi) is 3.99. The molecule has 1 aliphatic heterocycles. The predicted molar refractivity (Wildman–Crippen MR) is 95.3 cm³/mol. The lowest BCUT2D eigenvalue weighted by molar-refractivity contribution is -0.141. The monoisotopic (exact) mass is 373 g/mol. The number of carbonyl (C=O) groups is 2. The third-order valence-corrected chi connectivity index (χ3v) is 5.75. The van der Waals surface area contributed by atoms with Crippen molar-refractivity contribution in [2.75, 3.05) is 13.1 Å². The zero-order valence-corrected chi connectivity index (χ0v) is 14.8. The van der Waals surface area contributed by atoms with E-state index in [0.29, 0.717) is 17.8 Å². The second-order valence-electron chi connectivity index (χ2n) is 6.38. The highest BCUT2D eigenvalue weighted by atomic mass is 32.1. The average molecular weight is 373 g/mol. The summed E-state index contributed by atoms with van der Waals surface area (Å²) in [6.45, 7) is 2.55. The average Bonchev–Trinajstić information content (AvgIpc) is 3.32. The van der Waals surface area contributed by atoms with E-state index in [1.165, 1.54) is 23.5 Å². The van der Waals surface area contributed by atoms with Gasteiger partial charge in [0, 0.05) is 18.5 Å². The molecule has 2 aromatic heterocycles. The van der Waals surface area contributed by atoms with E-state index in [4.69, 9.17) is 5.11 Å². The van der Waals surface area contributed by atoms with Crippen molar-refractivity contribution in [2.45, 2.75) is 13.3 Å². The second-order valence-corrected chi connectivity index (χ2v) is 7.41. The normalized spacial score (nSPS) is 17.2. The lowest BCUT2D eigenvalue weighted by atomic mass is 10.1. The molecule has 8 heteroatoms. The molecule has 1 unspecified atom stereocenters. The third kappa shape index (κ3) is 2.76. The van der Waals surface area contributed by atoms with Crippen LogP contribution in [0.3, 0.4) is 0 Å². The van der Waals surface area contributed by atoms with Crippen molar-refractivity contribution in [3.05, 3.63) is 46.7 Å². The number of fused-ring (bicyclic) bond motifs is 1. The number of carboxylic acids is 1. The zero-order chi connectivity index (χ0) is 18.4. The van der Waals surface area contributed by atoms with Crippen LogP contribution in [0.25, 0.3) is 15.9 Å². The number of hydrogen-bond donors (Lipinski definition) is 1. The van der Waals surface area contributed by atoms with Crippen LogP contribution in [0.4, 0.5) is 4.39 Å². The van der Waals surface area contributed by atoms with E-state index in [1.54, 1.807) is 27.8 Å². The van der Waals surface area contributed by atoms with Gasteiger partial charge in [0.1, 0.15) is 10.6 Å². The Balaban J connectivity index is 1.68. The minimum Gasteiger partial charge on any atom is -0.481 e. The lowest BCUT2D eigenvalue weighted by Gasteiger charge is -2.14. The summed E-state index contributed by atoms with van der Waals surface area (Å²) >= 11 is 1.32. The predicted octanol–water partition coefficient (Wildman–Crippen LogP) is 3.08. The number of carboxylic acid groups (broad SMARTS) is 1. The van der Waals surface area contributed by atoms with Crippen LogP contribution in [-0.2, 0) is 4.79 Å². The van der Waals surface area contributed by atoms with Gasteiger partial charge in [-0.3, -0.25) is 9.59 Å². The van der Waals surface area contributed by atoms with Crippen molar-refractivity contribution < 1.29 is 19.1 Å². The quantitative estimate of drug-likeness (QED) is 0.766. The van der Waals surface area contributed by atoms with Crippen LogP contribution in [0.15, 0.2) is 30.3 Å². The van der Waals surface area contributed by atoms with Crippen molar-refractivity contribution in [1.29, 1.82) is 0 Å². The summed E-state index contributed by atoms with van der Waals surface area (Å²) in [6.07, 6.45) is 0.481. The highest BCUT2D eigenvalue weighted by Gasteiger charge is 2.32. The molecular weight excluding hydrogens is 357 g/mol. The van der Waals surface area contributed by atoms with Crippen LogP contribution in [-0.4, -0.2) is 44.8 Å². The Morgan fingerprint density at radius 1 is 1.31 bits per heavy atom. The Morgan fingerprint density at radius 3 is 2.69 bits per heavy atom. The molecule has 0 spiro atoms. The third-order valence-electron chi connectivity index (χ3n) is 4.65. The first kappa shape index (κ1) is 16.7. The molecule has 1 saturated heterocycles. The highest BCUT2D eigenvalue weighted by molar-refractivity contribution is 7.20. The molecule has 1 fully saturated rings. The van der Waals surface area contributed by atoms with Gasteiger partial charge in [0.15, 0.2) is 0 Å². The molecule has 0 aliphatic carbocycles. The molecule has 1 aliphatic rings. The van der Waals surface area contributed by atoms with Crippen molar-refractivity contribution in [3.8, 4) is 5.69 Å². The number of halogens is 1. The van der Waals surface area contributed by atoms with Crippen LogP contribution < -0.4 is 0 Å². The summed E-state index contributed by atoms with van der Waals surface area (Å²) in [5.41, 5.74) is 1.50. The summed E-state index contributed by atoms with van der Waals surface area (Å²) in [4.78, 5) is 26.8. The molecule has 3 heterocycles. The number of hydrogen-bond acceptors (Lipinski definition) is 4. The molecule has 1 aromatic carbocycles. The number of benzene rings is 1. The van der Waals surface area contributed by atoms with E-state index in [-0.39, 0.29) is 18.3 Å². The lowest BCUT2D eigenvalue weighted by Crippen LogP contribution is -2.29. The maximum absolute atomic E-state index is 13.2. The molecule has 1 atom stereocenters. The molecule has 0 bridgehead atoms. The zero-order valence-electron chi connectivity index (χ0n) is 14.0. The Bertz CT molecular complexity index is 1010. The van der Waals surface area contributed by atoms with Crippen LogP contribution in [0.1, 0.15) is 21.8 Å². The van der Waals surface area contributed by atoms with Gasteiger partial charge in [-0.2, -0.15) is 5.10 Å². The summed E-state index contributed by atoms with van der Waals surface area (Å²) in [5.74, 6) is -1.83. The van der Waals surface area contributed by atoms with Crippen molar-refractivity contribution >= 4 is 33.4 Å². The summed E-state index contributed by atoms with van der Waals surface area (Å²) in [5, 5.41) is 14.5. The van der Waals surface area contributed by atoms with Gasteiger partial charge in [0.25, 0.3) is 5.91 Å². The smallest absolute Gasteiger partial charge is 0.308 e. The Morgan fingerprint density at radius 2 is 2.04 bits per heavy atom. The molecule has 134 valence electrons. The molecule has 1 N–H and O–H groups in total. The summed E-state index contributed by atoms with van der Waals surface area (Å²) in [6, 6.07) is 7.82. The van der Waals surface area contributed by atoms with Gasteiger partial charge >= 0.3 is 5.97 Å². The second kappa shape index (κ2) is 6.21. The molecule has 3 aromatic rings. The molecule has 0 radical (unpaired) electrons. The maximum Gasteiger partial charge on any atom is 0.308 e. The number of aryl methyl sites for hydroxylation is 1. The first-order valence-corrected chi connectivity index (χ1v) is 9.03. The minimum atomic E-state index is -0.862. The highest BCUT2D eigenvalue weighted by Crippen LogP contribution is 2.32. The van der Waals surface area contributed by atoms with Gasteiger partial charge in [0.2, 0.25) is 0 Å². The number of aliphatic carboxylic acids is 1. The van der Waals surface area contributed by atoms with Gasteiger partial charge in [0.05, 0.1) is 22.2 Å². The van der Waals surface area contributed by atoms with E-state index in [1.807, 2.05) is 6.92 Å². The van der Waals surface area contributed by atoms with Crippen LogP contribution in [0.5, 0.6) is 0 Å². The van der Waals surface area contributed by atoms with Gasteiger partial charge < -0.3 is 10.0 Å². The van der Waals surface area contributed by atoms with Gasteiger partial charge in [-0.15, -0.1) is 11.3 Å². The summed E-state index contributed by atoms with van der Waals surface area (Å²) in [7, 11) is 0. The van der Waals surface area contributed by atoms with E-state index in [2.05, 4.69) is 5.10 Å². The molecule has 6 nitrogen and oxygen atoms in total. The molecule has 1 amide bonds. The number of amides is 1. The van der Waals surface area contributed by atoms with Crippen molar-refractivity contribution in [3.63, 3.8) is 0 Å². The standard InChI is InChI=1S/C18H16FN3O3S/c1-10-14-8-15(16(23)21-7-6-11(9-21)18(24)25)26-17(14)22(20-10)13-4-2-12(19)3-5-13/h2-5,8,11H,6-7,9H2,1H3,(H,24,25).